The first-order valence-corrected chi connectivity index (χ1v) is 28.0. The van der Waals surface area contributed by atoms with Crippen LogP contribution >= 0.6 is 0 Å². The molecule has 0 aliphatic carbocycles. The van der Waals surface area contributed by atoms with Crippen LogP contribution < -0.4 is 5.73 Å². The Bertz CT molecular complexity index is 2020. The number of hydrogen-bond donors (Lipinski definition) is 2. The van der Waals surface area contributed by atoms with Gasteiger partial charge in [0.2, 0.25) is 5.41 Å². The lowest BCUT2D eigenvalue weighted by atomic mass is 9.62. The van der Waals surface area contributed by atoms with Gasteiger partial charge in [0.05, 0.1) is 19.8 Å². The van der Waals surface area contributed by atoms with Crippen molar-refractivity contribution in [3.8, 4) is 5.75 Å². The average molecular weight is 1040 g/mol. The Morgan fingerprint density at radius 3 is 1.51 bits per heavy atom. The van der Waals surface area contributed by atoms with Crippen molar-refractivity contribution >= 4 is 29.8 Å². The molecule has 0 saturated carbocycles. The maximum atomic E-state index is 15.8. The van der Waals surface area contributed by atoms with Crippen molar-refractivity contribution in [2.24, 2.45) is 23.0 Å². The van der Waals surface area contributed by atoms with Crippen LogP contribution in [0.15, 0.2) is 6.07 Å². The van der Waals surface area contributed by atoms with Gasteiger partial charge >= 0.3 is 29.8 Å². The van der Waals surface area contributed by atoms with Gasteiger partial charge in [-0.05, 0) is 167 Å². The van der Waals surface area contributed by atoms with E-state index in [2.05, 4.69) is 79.2 Å². The molecule has 14 heteroatoms. The lowest BCUT2D eigenvalue weighted by molar-refractivity contribution is -0.197. The van der Waals surface area contributed by atoms with E-state index in [9.17, 15) is 19.5 Å². The molecule has 3 unspecified atom stereocenters. The molecule has 3 N–H and O–H groups in total. The molecule has 2 fully saturated rings. The molecule has 0 aromatic heterocycles. The number of carbonyl (C=O) groups is 5. The molecule has 3 atom stereocenters. The molecule has 2 saturated heterocycles. The van der Waals surface area contributed by atoms with Crippen LogP contribution in [-0.4, -0.2) is 120 Å². The third-order valence-electron chi connectivity index (χ3n) is 16.6. The van der Waals surface area contributed by atoms with Crippen LogP contribution in [0.4, 0.5) is 0 Å². The van der Waals surface area contributed by atoms with E-state index >= 15 is 9.59 Å². The van der Waals surface area contributed by atoms with Crippen molar-refractivity contribution in [1.29, 1.82) is 0 Å². The number of hydrogen-bond acceptors (Lipinski definition) is 14. The van der Waals surface area contributed by atoms with E-state index in [1.54, 1.807) is 6.07 Å². The molecule has 0 radical (unpaired) electrons. The summed E-state index contributed by atoms with van der Waals surface area (Å²) < 4.78 is 30.7. The summed E-state index contributed by atoms with van der Waals surface area (Å²) in [5, 5.41) is 12.2. The van der Waals surface area contributed by atoms with Gasteiger partial charge in [0.1, 0.15) is 24.5 Å². The molecule has 2 heterocycles. The summed E-state index contributed by atoms with van der Waals surface area (Å²) in [6.45, 7) is 36.1. The first-order valence-electron chi connectivity index (χ1n) is 28.0. The molecule has 424 valence electrons. The van der Waals surface area contributed by atoms with Crippen molar-refractivity contribution in [3.63, 3.8) is 0 Å². The predicted molar refractivity (Wildman–Crippen MR) is 293 cm³/mol. The number of phenols is 1. The number of nitrogens with two attached hydrogens (primary N) is 1. The minimum absolute atomic E-state index is 0.0255. The van der Waals surface area contributed by atoms with Crippen LogP contribution in [0.2, 0.25) is 0 Å². The zero-order valence-electron chi connectivity index (χ0n) is 50.0. The molecule has 2 aliphatic heterocycles. The number of likely N-dealkylation sites (tertiary alicyclic amines) is 2. The SMILES string of the molecule is CCCCOC(=O)C(C(=O)OCCCC)c1c(CC(N)C(=O)OCC(C(=O)OCCCC)(C(=O)OC(CCC)C2CC(C)(C)N(C)C(C)(C)C2)C2CC(C)(C)N(C)C(C)(C)C2)cc(C(C)(C)C)c(O)c1C(C)(C)C. The second-order valence-corrected chi connectivity index (χ2v) is 26.4. The summed E-state index contributed by atoms with van der Waals surface area (Å²) in [6.07, 6.45) is 6.72. The van der Waals surface area contributed by atoms with Gasteiger partial charge in [-0.1, -0.05) is 101 Å². The van der Waals surface area contributed by atoms with Crippen molar-refractivity contribution in [2.75, 3.05) is 40.5 Å². The van der Waals surface area contributed by atoms with Crippen LogP contribution in [-0.2, 0) is 64.9 Å². The average Bonchev–Trinajstić information content (AvgIpc) is 3.27. The molecule has 74 heavy (non-hydrogen) atoms. The van der Waals surface area contributed by atoms with E-state index < -0.39 is 87.8 Å². The second-order valence-electron chi connectivity index (χ2n) is 26.4. The number of carbonyl (C=O) groups excluding carboxylic acids is 5. The van der Waals surface area contributed by atoms with Crippen molar-refractivity contribution in [2.45, 2.75) is 259 Å². The van der Waals surface area contributed by atoms with Gasteiger partial charge in [0.25, 0.3) is 0 Å². The van der Waals surface area contributed by atoms with Crippen molar-refractivity contribution in [3.05, 3.63) is 28.3 Å². The minimum Gasteiger partial charge on any atom is -0.507 e. The molecule has 1 aromatic carbocycles. The number of ether oxygens (including phenoxy) is 5. The van der Waals surface area contributed by atoms with Gasteiger partial charge in [0, 0.05) is 27.7 Å². The third kappa shape index (κ3) is 15.3. The number of nitrogens with zero attached hydrogens (tertiary/aromatic N) is 2. The third-order valence-corrected chi connectivity index (χ3v) is 16.6. The number of aromatic hydroxyl groups is 1. The molecule has 0 spiro atoms. The molecule has 1 aromatic rings. The fourth-order valence-corrected chi connectivity index (χ4v) is 11.8. The lowest BCUT2D eigenvalue weighted by Crippen LogP contribution is -2.64. The summed E-state index contributed by atoms with van der Waals surface area (Å²) in [7, 11) is 4.18. The first-order chi connectivity index (χ1) is 34.0. The van der Waals surface area contributed by atoms with Crippen LogP contribution in [0.5, 0.6) is 5.75 Å². The zero-order chi connectivity index (χ0) is 56.6. The topological polar surface area (TPSA) is 184 Å². The zero-order valence-corrected chi connectivity index (χ0v) is 50.0. The highest BCUT2D eigenvalue weighted by atomic mass is 16.6. The van der Waals surface area contributed by atoms with Crippen LogP contribution in [0.3, 0.4) is 0 Å². The van der Waals surface area contributed by atoms with Crippen molar-refractivity contribution < 1.29 is 52.8 Å². The van der Waals surface area contributed by atoms with E-state index in [1.165, 1.54) is 0 Å². The Morgan fingerprint density at radius 2 is 1.09 bits per heavy atom. The fourth-order valence-electron chi connectivity index (χ4n) is 11.8. The Morgan fingerprint density at radius 1 is 0.649 bits per heavy atom. The summed E-state index contributed by atoms with van der Waals surface area (Å²) >= 11 is 0. The molecule has 2 aliphatic rings. The molecular weight excluding hydrogens is 939 g/mol. The van der Waals surface area contributed by atoms with E-state index in [1.807, 2.05) is 69.4 Å². The first kappa shape index (κ1) is 64.5. The summed E-state index contributed by atoms with van der Waals surface area (Å²) in [6, 6.07) is 0.256. The highest BCUT2D eigenvalue weighted by Crippen LogP contribution is 2.51. The molecular formula is C60H103N3O11. The maximum Gasteiger partial charge on any atom is 0.327 e. The van der Waals surface area contributed by atoms with E-state index in [4.69, 9.17) is 29.4 Å². The van der Waals surface area contributed by atoms with Gasteiger partial charge in [-0.3, -0.25) is 33.8 Å². The van der Waals surface area contributed by atoms with Crippen LogP contribution in [0.1, 0.15) is 230 Å². The van der Waals surface area contributed by atoms with Gasteiger partial charge in [-0.15, -0.1) is 0 Å². The van der Waals surface area contributed by atoms with Gasteiger partial charge in [0.15, 0.2) is 5.92 Å². The predicted octanol–water partition coefficient (Wildman–Crippen LogP) is 11.0. The normalized spacial score (nSPS) is 20.0. The number of rotatable bonds is 24. The quantitative estimate of drug-likeness (QED) is 0.0431. The number of unbranched alkanes of at least 4 members (excludes halogenated alkanes) is 3. The highest BCUT2D eigenvalue weighted by Gasteiger charge is 2.62. The van der Waals surface area contributed by atoms with Gasteiger partial charge < -0.3 is 34.5 Å². The number of esters is 5. The lowest BCUT2D eigenvalue weighted by Gasteiger charge is -2.56. The Kier molecular flexibility index (Phi) is 22.3. The van der Waals surface area contributed by atoms with E-state index in [-0.39, 0.29) is 54.6 Å². The monoisotopic (exact) mass is 1040 g/mol. The smallest absolute Gasteiger partial charge is 0.327 e. The molecule has 3 rings (SSSR count). The summed E-state index contributed by atoms with van der Waals surface area (Å²) in [4.78, 5) is 79.2. The van der Waals surface area contributed by atoms with Crippen LogP contribution in [0.25, 0.3) is 0 Å². The maximum absolute atomic E-state index is 15.8. The highest BCUT2D eigenvalue weighted by molar-refractivity contribution is 6.02. The molecule has 14 nitrogen and oxygen atoms in total. The fraction of sp³-hybridized carbons (Fsp3) is 0.817. The van der Waals surface area contributed by atoms with Gasteiger partial charge in [-0.2, -0.15) is 0 Å². The molecule has 0 amide bonds. The summed E-state index contributed by atoms with van der Waals surface area (Å²) in [5.74, 6) is -6.59. The van der Waals surface area contributed by atoms with Crippen LogP contribution in [0, 0.1) is 17.3 Å². The standard InChI is InChI=1S/C60H103N3O11/c1-21-25-29-70-50(66)46(51(67)71-30-26-22-2)45-39(32-42(54(5,6)7)48(64)47(45)55(8,9)10)33-43(61)49(65)73-38-60(52(68)72-31-27-23-3,41-36-58(15,16)63(20)59(17,18)37-41)53(69)74-44(28-24-4)40-34-56(11,12)62(19)57(13,14)35-40/h32,40-41,43-44,46,64H,21-31,33-38,61H2,1-20H3. The van der Waals surface area contributed by atoms with E-state index in [0.717, 1.165) is 38.5 Å². The Hall–Kier alpha value is -3.75. The van der Waals surface area contributed by atoms with Gasteiger partial charge in [-0.25, -0.2) is 0 Å². The largest absolute Gasteiger partial charge is 0.507 e. The number of phenolic OH excluding ortho intramolecular Hbond substituents is 1. The number of benzene rings is 1. The minimum atomic E-state index is -2.08. The number of piperidine rings is 2. The Labute approximate surface area is 447 Å². The summed E-state index contributed by atoms with van der Waals surface area (Å²) in [5.41, 5.74) is 3.27. The van der Waals surface area contributed by atoms with E-state index in [0.29, 0.717) is 55.2 Å². The Balaban J connectivity index is 2.33. The molecule has 0 bridgehead atoms. The van der Waals surface area contributed by atoms with Crippen molar-refractivity contribution in [1.82, 2.24) is 9.80 Å². The second kappa shape index (κ2) is 25.6.